The third-order valence-electron chi connectivity index (χ3n) is 6.63. The number of anilines is 1. The first-order chi connectivity index (χ1) is 19.4. The summed E-state index contributed by atoms with van der Waals surface area (Å²) in [7, 11) is 6.17. The van der Waals surface area contributed by atoms with E-state index >= 15 is 0 Å². The number of ether oxygens (including phenoxy) is 4. The quantitative estimate of drug-likeness (QED) is 0.199. The average Bonchev–Trinajstić information content (AvgIpc) is 3.63. The van der Waals surface area contributed by atoms with Crippen molar-refractivity contribution in [3.63, 3.8) is 0 Å². The molecule has 0 spiro atoms. The van der Waals surface area contributed by atoms with Crippen LogP contribution in [0.2, 0.25) is 0 Å². The highest BCUT2D eigenvalue weighted by molar-refractivity contribution is 5.97. The monoisotopic (exact) mass is 578 g/mol. The van der Waals surface area contributed by atoms with E-state index in [2.05, 4.69) is 15.5 Å². The van der Waals surface area contributed by atoms with E-state index in [1.807, 2.05) is 36.4 Å². The number of aromatic amines is 1. The Labute approximate surface area is 243 Å². The maximum absolute atomic E-state index is 13.1. The van der Waals surface area contributed by atoms with Gasteiger partial charge in [0.15, 0.2) is 17.3 Å². The third-order valence-corrected chi connectivity index (χ3v) is 6.63. The second-order valence-corrected chi connectivity index (χ2v) is 9.08. The molecule has 0 fully saturated rings. The molecule has 3 aromatic carbocycles. The molecular formula is C30H31ClN4O6. The summed E-state index contributed by atoms with van der Waals surface area (Å²) in [5.41, 5.74) is 10.7. The number of H-pyrrole nitrogens is 1. The summed E-state index contributed by atoms with van der Waals surface area (Å²) < 4.78 is 27.6. The Kier molecular flexibility index (Phi) is 9.06. The van der Waals surface area contributed by atoms with Crippen LogP contribution in [0.5, 0.6) is 23.0 Å². The number of nitrogens with one attached hydrogen (secondary N) is 2. The summed E-state index contributed by atoms with van der Waals surface area (Å²) in [6, 6.07) is 18.1. The van der Waals surface area contributed by atoms with E-state index in [-0.39, 0.29) is 18.3 Å². The number of carbonyl (C=O) groups is 1. The molecule has 1 amide bonds. The number of rotatable bonds is 10. The number of aromatic nitrogens is 2. The highest BCUT2D eigenvalue weighted by Gasteiger charge is 2.22. The molecule has 0 saturated heterocycles. The number of para-hydroxylation sites is 1. The molecule has 2 aromatic heterocycles. The minimum Gasteiger partial charge on any atom is -0.495 e. The first-order valence-corrected chi connectivity index (χ1v) is 12.5. The molecule has 0 aliphatic heterocycles. The zero-order valence-corrected chi connectivity index (χ0v) is 23.8. The largest absolute Gasteiger partial charge is 0.495 e. The summed E-state index contributed by atoms with van der Waals surface area (Å²) in [6.45, 7) is 0. The number of halogens is 1. The smallest absolute Gasteiger partial charge is 0.241 e. The van der Waals surface area contributed by atoms with Crippen molar-refractivity contribution >= 4 is 34.9 Å². The zero-order chi connectivity index (χ0) is 28.2. The molecule has 2 heterocycles. The van der Waals surface area contributed by atoms with E-state index in [0.29, 0.717) is 52.0 Å². The number of hydrogen-bond acceptors (Lipinski definition) is 8. The standard InChI is InChI=1S/C30H30N4O6.ClH/c1-36-25-10-9-17(21-16-32-40-28(21)19-13-26(37-2)29(39-4)27(14-19)38-3)12-24(25)34-30(35)22(31)15-20-11-18-7-5-6-8-23(18)33-20;/h5-14,16,22,33H,15,31H2,1-4H3,(H,34,35);1H. The second kappa shape index (κ2) is 12.7. The van der Waals surface area contributed by atoms with Crippen molar-refractivity contribution < 1.29 is 28.3 Å². The van der Waals surface area contributed by atoms with E-state index in [1.165, 1.54) is 7.11 Å². The van der Waals surface area contributed by atoms with E-state index in [4.69, 9.17) is 29.2 Å². The Bertz CT molecular complexity index is 1610. The number of amides is 1. The van der Waals surface area contributed by atoms with E-state index in [1.54, 1.807) is 51.8 Å². The van der Waals surface area contributed by atoms with Gasteiger partial charge in [0.25, 0.3) is 0 Å². The van der Waals surface area contributed by atoms with Gasteiger partial charge in [-0.1, -0.05) is 29.4 Å². The lowest BCUT2D eigenvalue weighted by molar-refractivity contribution is -0.117. The summed E-state index contributed by atoms with van der Waals surface area (Å²) in [5.74, 6) is 2.05. The Morgan fingerprint density at radius 2 is 1.63 bits per heavy atom. The minimum absolute atomic E-state index is 0. The highest BCUT2D eigenvalue weighted by Crippen LogP contribution is 2.44. The maximum atomic E-state index is 13.1. The molecule has 0 radical (unpaired) electrons. The fraction of sp³-hybridized carbons (Fsp3) is 0.200. The Morgan fingerprint density at radius 1 is 0.927 bits per heavy atom. The molecule has 0 bridgehead atoms. The molecular weight excluding hydrogens is 548 g/mol. The predicted molar refractivity (Wildman–Crippen MR) is 159 cm³/mol. The lowest BCUT2D eigenvalue weighted by atomic mass is 10.0. The minimum atomic E-state index is -0.785. The van der Waals surface area contributed by atoms with Gasteiger partial charge in [0.05, 0.1) is 46.4 Å². The summed E-state index contributed by atoms with van der Waals surface area (Å²) in [4.78, 5) is 16.4. The molecule has 11 heteroatoms. The van der Waals surface area contributed by atoms with Gasteiger partial charge in [-0.3, -0.25) is 4.79 Å². The number of carbonyl (C=O) groups excluding carboxylic acids is 1. The zero-order valence-electron chi connectivity index (χ0n) is 23.0. The predicted octanol–water partition coefficient (Wildman–Crippen LogP) is 5.45. The number of methoxy groups -OCH3 is 4. The van der Waals surface area contributed by atoms with Crippen LogP contribution < -0.4 is 30.0 Å². The van der Waals surface area contributed by atoms with Gasteiger partial charge in [0.1, 0.15) is 5.75 Å². The van der Waals surface area contributed by atoms with Gasteiger partial charge in [0, 0.05) is 28.8 Å². The van der Waals surface area contributed by atoms with Gasteiger partial charge in [-0.05, 0) is 47.3 Å². The second-order valence-electron chi connectivity index (χ2n) is 9.08. The first kappa shape index (κ1) is 29.3. The van der Waals surface area contributed by atoms with Crippen molar-refractivity contribution in [2.45, 2.75) is 12.5 Å². The fourth-order valence-corrected chi connectivity index (χ4v) is 4.64. The lowest BCUT2D eigenvalue weighted by Crippen LogP contribution is -2.37. The molecule has 1 atom stereocenters. The summed E-state index contributed by atoms with van der Waals surface area (Å²) >= 11 is 0. The van der Waals surface area contributed by atoms with Crippen molar-refractivity contribution in [3.8, 4) is 45.4 Å². The number of fused-ring (bicyclic) bond motifs is 1. The number of nitrogens with two attached hydrogens (primary N) is 1. The van der Waals surface area contributed by atoms with Gasteiger partial charge in [-0.25, -0.2) is 0 Å². The number of benzene rings is 3. The molecule has 1 unspecified atom stereocenters. The SMILES string of the molecule is COc1ccc(-c2cnoc2-c2cc(OC)c(OC)c(OC)c2)cc1NC(=O)C(N)Cc1cc2ccccc2[nH]1.Cl. The van der Waals surface area contributed by atoms with Crippen molar-refractivity contribution in [3.05, 3.63) is 72.6 Å². The third kappa shape index (κ3) is 5.93. The van der Waals surface area contributed by atoms with Crippen molar-refractivity contribution in [2.75, 3.05) is 33.8 Å². The van der Waals surface area contributed by atoms with Gasteiger partial charge in [0.2, 0.25) is 11.7 Å². The van der Waals surface area contributed by atoms with Crippen LogP contribution >= 0.6 is 12.4 Å². The van der Waals surface area contributed by atoms with Crippen LogP contribution in [-0.2, 0) is 11.2 Å². The van der Waals surface area contributed by atoms with Crippen molar-refractivity contribution in [1.82, 2.24) is 10.1 Å². The molecule has 41 heavy (non-hydrogen) atoms. The van der Waals surface area contributed by atoms with Crippen LogP contribution in [0, 0.1) is 0 Å². The number of nitrogens with zero attached hydrogens (tertiary/aromatic N) is 1. The van der Waals surface area contributed by atoms with Gasteiger partial charge in [-0.2, -0.15) is 0 Å². The molecule has 214 valence electrons. The van der Waals surface area contributed by atoms with Gasteiger partial charge >= 0.3 is 0 Å². The maximum Gasteiger partial charge on any atom is 0.241 e. The Balaban J connectivity index is 0.00000387. The normalized spacial score (nSPS) is 11.4. The van der Waals surface area contributed by atoms with E-state index < -0.39 is 6.04 Å². The molecule has 0 aliphatic rings. The van der Waals surface area contributed by atoms with E-state index in [9.17, 15) is 4.79 Å². The lowest BCUT2D eigenvalue weighted by Gasteiger charge is -2.16. The average molecular weight is 579 g/mol. The van der Waals surface area contributed by atoms with Gasteiger partial charge < -0.3 is 39.5 Å². The molecule has 0 aliphatic carbocycles. The Hall–Kier alpha value is -4.67. The molecule has 5 aromatic rings. The topological polar surface area (TPSA) is 134 Å². The van der Waals surface area contributed by atoms with Crippen molar-refractivity contribution in [1.29, 1.82) is 0 Å². The van der Waals surface area contributed by atoms with Crippen LogP contribution in [-0.4, -0.2) is 50.5 Å². The Morgan fingerprint density at radius 3 is 2.29 bits per heavy atom. The van der Waals surface area contributed by atoms with Gasteiger partial charge in [-0.15, -0.1) is 12.4 Å². The van der Waals surface area contributed by atoms with Crippen molar-refractivity contribution in [2.24, 2.45) is 5.73 Å². The van der Waals surface area contributed by atoms with Crippen LogP contribution in [0.1, 0.15) is 5.69 Å². The van der Waals surface area contributed by atoms with Crippen LogP contribution in [0.3, 0.4) is 0 Å². The summed E-state index contributed by atoms with van der Waals surface area (Å²) in [6.07, 6.45) is 1.95. The van der Waals surface area contributed by atoms with E-state index in [0.717, 1.165) is 22.2 Å². The highest BCUT2D eigenvalue weighted by atomic mass is 35.5. The van der Waals surface area contributed by atoms with Crippen LogP contribution in [0.25, 0.3) is 33.4 Å². The van der Waals surface area contributed by atoms with Crippen LogP contribution in [0.15, 0.2) is 71.4 Å². The number of hydrogen-bond donors (Lipinski definition) is 3. The molecule has 10 nitrogen and oxygen atoms in total. The summed E-state index contributed by atoms with van der Waals surface area (Å²) in [5, 5.41) is 8.01. The fourth-order valence-electron chi connectivity index (χ4n) is 4.64. The molecule has 5 rings (SSSR count). The molecule has 0 saturated carbocycles. The van der Waals surface area contributed by atoms with Crippen LogP contribution in [0.4, 0.5) is 5.69 Å². The first-order valence-electron chi connectivity index (χ1n) is 12.5. The molecule has 4 N–H and O–H groups in total.